The molecule has 0 aliphatic rings. The summed E-state index contributed by atoms with van der Waals surface area (Å²) in [6.45, 7) is 7.07. The minimum absolute atomic E-state index is 0.177. The molecule has 0 fully saturated rings. The van der Waals surface area contributed by atoms with Gasteiger partial charge in [0, 0.05) is 18.7 Å². The van der Waals surface area contributed by atoms with E-state index in [1.807, 2.05) is 49.6 Å². The predicted molar refractivity (Wildman–Crippen MR) is 93.6 cm³/mol. The van der Waals surface area contributed by atoms with Crippen molar-refractivity contribution in [2.45, 2.75) is 39.8 Å². The van der Waals surface area contributed by atoms with Gasteiger partial charge in [0.25, 0.3) is 0 Å². The molecule has 7 nitrogen and oxygen atoms in total. The van der Waals surface area contributed by atoms with Gasteiger partial charge in [-0.05, 0) is 31.4 Å². The summed E-state index contributed by atoms with van der Waals surface area (Å²) in [5, 5.41) is 23.4. The van der Waals surface area contributed by atoms with Crippen molar-refractivity contribution in [1.82, 2.24) is 20.1 Å². The average molecular weight is 331 g/mol. The van der Waals surface area contributed by atoms with Crippen LogP contribution in [0.3, 0.4) is 0 Å². The van der Waals surface area contributed by atoms with Crippen molar-refractivity contribution in [3.63, 3.8) is 0 Å². The van der Waals surface area contributed by atoms with E-state index in [0.717, 1.165) is 12.1 Å². The van der Waals surface area contributed by atoms with Gasteiger partial charge in [-0.25, -0.2) is 4.79 Å². The van der Waals surface area contributed by atoms with E-state index in [1.54, 1.807) is 6.33 Å². The highest BCUT2D eigenvalue weighted by atomic mass is 16.3. The number of rotatable bonds is 7. The maximum atomic E-state index is 12.1. The fraction of sp³-hybridized carbons (Fsp3) is 0.471. The first-order chi connectivity index (χ1) is 11.5. The van der Waals surface area contributed by atoms with Crippen molar-refractivity contribution in [2.75, 3.05) is 11.9 Å². The van der Waals surface area contributed by atoms with Gasteiger partial charge in [-0.15, -0.1) is 10.2 Å². The number of nitrogens with zero attached hydrogens (tertiary/aromatic N) is 3. The molecule has 130 valence electrons. The number of nitrogens with one attached hydrogen (secondary N) is 2. The van der Waals surface area contributed by atoms with Crippen molar-refractivity contribution < 1.29 is 9.90 Å². The second-order valence-corrected chi connectivity index (χ2v) is 5.97. The fourth-order valence-corrected chi connectivity index (χ4v) is 2.32. The van der Waals surface area contributed by atoms with Crippen LogP contribution in [-0.2, 0) is 6.54 Å². The number of urea groups is 1. The van der Waals surface area contributed by atoms with E-state index in [2.05, 4.69) is 20.8 Å². The number of para-hydroxylation sites is 1. The third kappa shape index (κ3) is 4.55. The molecule has 0 saturated heterocycles. The first-order valence-corrected chi connectivity index (χ1v) is 8.23. The molecule has 2 aromatic rings. The minimum atomic E-state index is -0.416. The van der Waals surface area contributed by atoms with Crippen molar-refractivity contribution in [1.29, 1.82) is 0 Å². The lowest BCUT2D eigenvalue weighted by Gasteiger charge is -2.15. The Morgan fingerprint density at radius 3 is 2.79 bits per heavy atom. The Hall–Kier alpha value is -2.41. The van der Waals surface area contributed by atoms with Crippen LogP contribution in [0.1, 0.15) is 27.2 Å². The van der Waals surface area contributed by atoms with Gasteiger partial charge in [0.1, 0.15) is 6.33 Å². The number of aromatic nitrogens is 3. The van der Waals surface area contributed by atoms with Crippen molar-refractivity contribution in [3.8, 4) is 11.4 Å². The summed E-state index contributed by atoms with van der Waals surface area (Å²) in [5.41, 5.74) is 1.48. The summed E-state index contributed by atoms with van der Waals surface area (Å²) in [4.78, 5) is 12.1. The predicted octanol–water partition coefficient (Wildman–Crippen LogP) is 2.49. The first-order valence-electron chi connectivity index (χ1n) is 8.23. The van der Waals surface area contributed by atoms with Crippen LogP contribution in [-0.4, -0.2) is 38.6 Å². The molecule has 0 spiro atoms. The number of anilines is 1. The van der Waals surface area contributed by atoms with Crippen LogP contribution in [0.15, 0.2) is 30.6 Å². The molecule has 1 aromatic heterocycles. The summed E-state index contributed by atoms with van der Waals surface area (Å²) >= 11 is 0. The van der Waals surface area contributed by atoms with E-state index in [-0.39, 0.29) is 11.9 Å². The number of carbonyl (C=O) groups is 1. The van der Waals surface area contributed by atoms with E-state index in [4.69, 9.17) is 0 Å². The maximum absolute atomic E-state index is 12.1. The van der Waals surface area contributed by atoms with E-state index < -0.39 is 6.10 Å². The van der Waals surface area contributed by atoms with Crippen molar-refractivity contribution >= 4 is 11.7 Å². The standard InChI is InChI=1S/C17H25N5O2/c1-4-22-11-19-21-16(22)13-7-5-6-8-14(13)20-17(24)18-10-9-15(23)12(2)3/h5-8,11-12,15,23H,4,9-10H2,1-3H3,(H2,18,20,24). The number of amides is 2. The van der Waals surface area contributed by atoms with E-state index in [0.29, 0.717) is 24.5 Å². The minimum Gasteiger partial charge on any atom is -0.393 e. The second kappa shape index (κ2) is 8.44. The van der Waals surface area contributed by atoms with Gasteiger partial charge < -0.3 is 20.3 Å². The smallest absolute Gasteiger partial charge is 0.319 e. The van der Waals surface area contributed by atoms with Gasteiger partial charge in [-0.1, -0.05) is 26.0 Å². The number of benzene rings is 1. The third-order valence-corrected chi connectivity index (χ3v) is 3.87. The van der Waals surface area contributed by atoms with Gasteiger partial charge >= 0.3 is 6.03 Å². The summed E-state index contributed by atoms with van der Waals surface area (Å²) in [5.74, 6) is 0.889. The number of aliphatic hydroxyl groups excluding tert-OH is 1. The topological polar surface area (TPSA) is 92.1 Å². The Morgan fingerprint density at radius 2 is 2.08 bits per heavy atom. The summed E-state index contributed by atoms with van der Waals surface area (Å²) in [6, 6.07) is 7.17. The van der Waals surface area contributed by atoms with Crippen LogP contribution in [0.4, 0.5) is 10.5 Å². The highest BCUT2D eigenvalue weighted by molar-refractivity contribution is 5.93. The summed E-state index contributed by atoms with van der Waals surface area (Å²) < 4.78 is 1.91. The summed E-state index contributed by atoms with van der Waals surface area (Å²) in [6.07, 6.45) is 1.77. The van der Waals surface area contributed by atoms with Crippen LogP contribution in [0.5, 0.6) is 0 Å². The lowest BCUT2D eigenvalue weighted by atomic mass is 10.0. The molecule has 24 heavy (non-hydrogen) atoms. The Kier molecular flexibility index (Phi) is 6.31. The molecule has 1 heterocycles. The number of carbonyl (C=O) groups excluding carboxylic acids is 1. The number of hydrogen-bond acceptors (Lipinski definition) is 4. The molecule has 1 atom stereocenters. The molecule has 0 saturated carbocycles. The monoisotopic (exact) mass is 331 g/mol. The highest BCUT2D eigenvalue weighted by Gasteiger charge is 2.13. The molecule has 0 bridgehead atoms. The van der Waals surface area contributed by atoms with Gasteiger partial charge in [-0.2, -0.15) is 0 Å². The lowest BCUT2D eigenvalue weighted by Crippen LogP contribution is -2.32. The maximum Gasteiger partial charge on any atom is 0.319 e. The fourth-order valence-electron chi connectivity index (χ4n) is 2.32. The SMILES string of the molecule is CCn1cnnc1-c1ccccc1NC(=O)NCCC(O)C(C)C. The number of aliphatic hydroxyl groups is 1. The normalized spacial score (nSPS) is 12.2. The van der Waals surface area contributed by atoms with Crippen LogP contribution in [0, 0.1) is 5.92 Å². The quantitative estimate of drug-likeness (QED) is 0.727. The zero-order valence-corrected chi connectivity index (χ0v) is 14.4. The van der Waals surface area contributed by atoms with Crippen LogP contribution in [0.2, 0.25) is 0 Å². The van der Waals surface area contributed by atoms with Gasteiger partial charge in [0.05, 0.1) is 11.8 Å². The highest BCUT2D eigenvalue weighted by Crippen LogP contribution is 2.25. The molecule has 0 radical (unpaired) electrons. The Bertz CT molecular complexity index is 669. The Morgan fingerprint density at radius 1 is 1.33 bits per heavy atom. The number of aryl methyl sites for hydroxylation is 1. The molecule has 2 amide bonds. The Balaban J connectivity index is 2.01. The molecule has 1 aromatic carbocycles. The van der Waals surface area contributed by atoms with E-state index in [9.17, 15) is 9.90 Å². The third-order valence-electron chi connectivity index (χ3n) is 3.87. The molecular weight excluding hydrogens is 306 g/mol. The lowest BCUT2D eigenvalue weighted by molar-refractivity contribution is 0.117. The molecule has 0 aliphatic carbocycles. The van der Waals surface area contributed by atoms with E-state index >= 15 is 0 Å². The van der Waals surface area contributed by atoms with Gasteiger partial charge in [-0.3, -0.25) is 0 Å². The number of hydrogen-bond donors (Lipinski definition) is 3. The second-order valence-electron chi connectivity index (χ2n) is 5.97. The molecule has 7 heteroatoms. The largest absolute Gasteiger partial charge is 0.393 e. The first kappa shape index (κ1) is 17.9. The molecule has 0 aliphatic heterocycles. The van der Waals surface area contributed by atoms with E-state index in [1.165, 1.54) is 0 Å². The van der Waals surface area contributed by atoms with Crippen LogP contribution >= 0.6 is 0 Å². The zero-order chi connectivity index (χ0) is 17.5. The van der Waals surface area contributed by atoms with Gasteiger partial charge in [0.2, 0.25) is 0 Å². The van der Waals surface area contributed by atoms with Crippen LogP contribution in [0.25, 0.3) is 11.4 Å². The average Bonchev–Trinajstić information content (AvgIpc) is 3.03. The van der Waals surface area contributed by atoms with Crippen molar-refractivity contribution in [2.24, 2.45) is 5.92 Å². The molecule has 3 N–H and O–H groups in total. The Labute approximate surface area is 142 Å². The molecular formula is C17H25N5O2. The summed E-state index contributed by atoms with van der Waals surface area (Å²) in [7, 11) is 0. The van der Waals surface area contributed by atoms with Gasteiger partial charge in [0.15, 0.2) is 5.82 Å². The molecule has 1 unspecified atom stereocenters. The molecule has 2 rings (SSSR count). The van der Waals surface area contributed by atoms with Crippen LogP contribution < -0.4 is 10.6 Å². The van der Waals surface area contributed by atoms with Crippen molar-refractivity contribution in [3.05, 3.63) is 30.6 Å². The zero-order valence-electron chi connectivity index (χ0n) is 14.4.